The molecule has 1 aromatic carbocycles. The Hall–Kier alpha value is -1.89. The van der Waals surface area contributed by atoms with Crippen LogP contribution in [-0.4, -0.2) is 25.5 Å². The van der Waals surface area contributed by atoms with Crippen LogP contribution in [0.1, 0.15) is 18.4 Å². The van der Waals surface area contributed by atoms with E-state index in [4.69, 9.17) is 9.29 Å². The fourth-order valence-electron chi connectivity index (χ4n) is 3.42. The number of carbonyl (C=O) groups excluding carboxylic acids is 1. The average Bonchev–Trinajstić information content (AvgIpc) is 2.98. The smallest absolute Gasteiger partial charge is 0.341 e. The highest BCUT2D eigenvalue weighted by Crippen LogP contribution is 2.61. The fraction of sp³-hybridized carbons (Fsp3) is 0.467. The minimum absolute atomic E-state index is 0.0539. The molecular weight excluding hydrogens is 308 g/mol. The van der Waals surface area contributed by atoms with E-state index >= 15 is 0 Å². The molecule has 0 aromatic heterocycles. The summed E-state index contributed by atoms with van der Waals surface area (Å²) in [6.45, 7) is 1.82. The molecular formula is C15H16O6S. The van der Waals surface area contributed by atoms with Gasteiger partial charge in [-0.15, -0.1) is 0 Å². The van der Waals surface area contributed by atoms with Crippen LogP contribution in [0.25, 0.3) is 0 Å². The van der Waals surface area contributed by atoms with Crippen molar-refractivity contribution in [2.24, 2.45) is 23.7 Å². The summed E-state index contributed by atoms with van der Waals surface area (Å²) in [5.74, 6) is -3.26. The molecule has 1 N–H and O–H groups in total. The normalized spacial score (nSPS) is 29.7. The molecule has 3 rings (SSSR count). The molecule has 0 radical (unpaired) electrons. The highest BCUT2D eigenvalue weighted by Gasteiger charge is 2.64. The van der Waals surface area contributed by atoms with Gasteiger partial charge in [-0.05, 0) is 43.7 Å². The maximum atomic E-state index is 12.1. The van der Waals surface area contributed by atoms with Crippen LogP contribution < -0.4 is 0 Å². The lowest BCUT2D eigenvalue weighted by Crippen LogP contribution is -2.21. The molecule has 0 aliphatic heterocycles. The molecule has 4 unspecified atom stereocenters. The van der Waals surface area contributed by atoms with Gasteiger partial charge in [-0.25, -0.2) is 0 Å². The number of hydrogen-bond donors (Lipinski definition) is 1. The van der Waals surface area contributed by atoms with Crippen LogP contribution >= 0.6 is 0 Å². The molecule has 0 bridgehead atoms. The zero-order valence-electron chi connectivity index (χ0n) is 11.9. The van der Waals surface area contributed by atoms with Crippen LogP contribution in [-0.2, 0) is 23.9 Å². The second-order valence-electron chi connectivity index (χ2n) is 5.96. The second-order valence-corrected chi connectivity index (χ2v) is 7.50. The number of carbonyl (C=O) groups is 2. The maximum absolute atomic E-state index is 12.1. The molecule has 0 heterocycles. The first-order valence-electron chi connectivity index (χ1n) is 7.09. The summed E-state index contributed by atoms with van der Waals surface area (Å²) >= 11 is 0. The predicted octanol–water partition coefficient (Wildman–Crippen LogP) is 1.58. The molecule has 0 amide bonds. The first kappa shape index (κ1) is 15.0. The first-order chi connectivity index (χ1) is 10.3. The Morgan fingerprint density at radius 1 is 1.18 bits per heavy atom. The van der Waals surface area contributed by atoms with Gasteiger partial charge in [0.25, 0.3) is 0 Å². The fourth-order valence-corrected chi connectivity index (χ4v) is 4.32. The third-order valence-electron chi connectivity index (χ3n) is 4.60. The molecule has 2 aliphatic rings. The number of aryl methyl sites for hydroxylation is 1. The van der Waals surface area contributed by atoms with E-state index in [1.165, 1.54) is 12.1 Å². The molecule has 0 saturated heterocycles. The summed E-state index contributed by atoms with van der Waals surface area (Å²) in [6, 6.07) is 6.00. The number of carboxylic acids is 1. The standard InChI is InChI=1S/C15H16O6S/c1-8-2-4-9(5-3-8)22(19,20)21-15(18)13-10-6-7-11(12(10)13)14(16)17/h2-5,10-13H,6-7H2,1H3,(H,16,17). The van der Waals surface area contributed by atoms with Gasteiger partial charge in [-0.3, -0.25) is 9.59 Å². The van der Waals surface area contributed by atoms with Gasteiger partial charge < -0.3 is 9.29 Å². The van der Waals surface area contributed by atoms with Crippen LogP contribution in [0.2, 0.25) is 0 Å². The van der Waals surface area contributed by atoms with E-state index in [1.807, 2.05) is 6.92 Å². The van der Waals surface area contributed by atoms with Gasteiger partial charge in [0, 0.05) is 0 Å². The Morgan fingerprint density at radius 3 is 2.41 bits per heavy atom. The average molecular weight is 324 g/mol. The van der Waals surface area contributed by atoms with Crippen LogP contribution in [0.15, 0.2) is 29.2 Å². The largest absolute Gasteiger partial charge is 0.481 e. The minimum atomic E-state index is -4.15. The monoisotopic (exact) mass is 324 g/mol. The molecule has 2 fully saturated rings. The Morgan fingerprint density at radius 2 is 1.82 bits per heavy atom. The lowest BCUT2D eigenvalue weighted by Gasteiger charge is -2.10. The van der Waals surface area contributed by atoms with E-state index in [0.717, 1.165) is 5.56 Å². The summed E-state index contributed by atoms with van der Waals surface area (Å²) in [7, 11) is -4.15. The van der Waals surface area contributed by atoms with Gasteiger partial charge in [0.05, 0.1) is 11.8 Å². The Bertz CT molecular complexity index is 721. The van der Waals surface area contributed by atoms with Gasteiger partial charge >= 0.3 is 22.1 Å². The molecule has 6 nitrogen and oxygen atoms in total. The summed E-state index contributed by atoms with van der Waals surface area (Å²) in [5, 5.41) is 9.08. The zero-order chi connectivity index (χ0) is 16.1. The Kier molecular flexibility index (Phi) is 3.47. The molecule has 118 valence electrons. The van der Waals surface area contributed by atoms with Crippen molar-refractivity contribution in [3.05, 3.63) is 29.8 Å². The summed E-state index contributed by atoms with van der Waals surface area (Å²) in [4.78, 5) is 23.0. The first-order valence-corrected chi connectivity index (χ1v) is 8.50. The van der Waals surface area contributed by atoms with E-state index in [-0.39, 0.29) is 16.7 Å². The number of hydrogen-bond acceptors (Lipinski definition) is 5. The maximum Gasteiger partial charge on any atom is 0.341 e. The lowest BCUT2D eigenvalue weighted by atomic mass is 10.0. The molecule has 2 saturated carbocycles. The highest BCUT2D eigenvalue weighted by molar-refractivity contribution is 7.87. The number of benzene rings is 1. The van der Waals surface area contributed by atoms with Gasteiger partial charge in [-0.2, -0.15) is 8.42 Å². The van der Waals surface area contributed by atoms with Crippen molar-refractivity contribution in [1.82, 2.24) is 0 Å². The van der Waals surface area contributed by atoms with Gasteiger partial charge in [0.1, 0.15) is 4.90 Å². The molecule has 2 aliphatic carbocycles. The highest BCUT2D eigenvalue weighted by atomic mass is 32.2. The van der Waals surface area contributed by atoms with Crippen molar-refractivity contribution in [3.8, 4) is 0 Å². The van der Waals surface area contributed by atoms with Gasteiger partial charge in [0.15, 0.2) is 0 Å². The lowest BCUT2D eigenvalue weighted by molar-refractivity contribution is -0.143. The van der Waals surface area contributed by atoms with E-state index in [0.29, 0.717) is 12.8 Å². The SMILES string of the molecule is Cc1ccc(S(=O)(=O)OC(=O)C2C3CCC(C(=O)O)C32)cc1. The molecule has 4 atom stereocenters. The van der Waals surface area contributed by atoms with Crippen molar-refractivity contribution < 1.29 is 27.3 Å². The van der Waals surface area contributed by atoms with Crippen molar-refractivity contribution in [2.75, 3.05) is 0 Å². The van der Waals surface area contributed by atoms with Crippen LogP contribution in [0.3, 0.4) is 0 Å². The van der Waals surface area contributed by atoms with E-state index in [2.05, 4.69) is 0 Å². The van der Waals surface area contributed by atoms with Crippen LogP contribution in [0, 0.1) is 30.6 Å². The molecule has 1 aromatic rings. The van der Waals surface area contributed by atoms with Gasteiger partial charge in [0.2, 0.25) is 0 Å². The molecule has 7 heteroatoms. The quantitative estimate of drug-likeness (QED) is 0.845. The van der Waals surface area contributed by atoms with E-state index in [1.54, 1.807) is 12.1 Å². The minimum Gasteiger partial charge on any atom is -0.481 e. The van der Waals surface area contributed by atoms with Crippen molar-refractivity contribution in [2.45, 2.75) is 24.7 Å². The predicted molar refractivity (Wildman–Crippen MR) is 75.3 cm³/mol. The van der Waals surface area contributed by atoms with Crippen LogP contribution in [0.4, 0.5) is 0 Å². The van der Waals surface area contributed by atoms with E-state index < -0.39 is 33.9 Å². The van der Waals surface area contributed by atoms with E-state index in [9.17, 15) is 18.0 Å². The Labute approximate surface area is 128 Å². The third-order valence-corrected chi connectivity index (χ3v) is 5.83. The topological polar surface area (TPSA) is 97.7 Å². The van der Waals surface area contributed by atoms with Crippen LogP contribution in [0.5, 0.6) is 0 Å². The van der Waals surface area contributed by atoms with Crippen molar-refractivity contribution in [1.29, 1.82) is 0 Å². The second kappa shape index (κ2) is 5.08. The molecule has 0 spiro atoms. The van der Waals surface area contributed by atoms with Crippen molar-refractivity contribution in [3.63, 3.8) is 0 Å². The Balaban J connectivity index is 1.70. The summed E-state index contributed by atoms with van der Waals surface area (Å²) in [6.07, 6.45) is 1.17. The number of aliphatic carboxylic acids is 1. The third kappa shape index (κ3) is 2.49. The number of fused-ring (bicyclic) bond motifs is 1. The number of carboxylic acid groups (broad SMARTS) is 1. The van der Waals surface area contributed by atoms with Crippen molar-refractivity contribution >= 4 is 22.1 Å². The number of rotatable bonds is 4. The summed E-state index contributed by atoms with van der Waals surface area (Å²) < 4.78 is 28.8. The summed E-state index contributed by atoms with van der Waals surface area (Å²) in [5.41, 5.74) is 0.895. The molecule has 22 heavy (non-hydrogen) atoms. The zero-order valence-corrected chi connectivity index (χ0v) is 12.7. The van der Waals surface area contributed by atoms with Gasteiger partial charge in [-0.1, -0.05) is 17.7 Å².